The molecule has 106 valence electrons. The standard InChI is InChI=1S/C14H19N5O/c1-4-19-13(12(15)10(2)17-19)14(20)18(3)9-11-6-5-7-16-8-11/h5-8H,4,9,15H2,1-3H3. The van der Waals surface area contributed by atoms with Crippen molar-refractivity contribution in [2.75, 3.05) is 12.8 Å². The number of aromatic nitrogens is 3. The minimum atomic E-state index is -0.131. The SMILES string of the molecule is CCn1nc(C)c(N)c1C(=O)N(C)Cc1cccnc1. The number of nitrogens with two attached hydrogens (primary N) is 1. The molecule has 2 N–H and O–H groups in total. The maximum atomic E-state index is 12.5. The van der Waals surface area contributed by atoms with E-state index in [1.807, 2.05) is 19.1 Å². The molecule has 6 nitrogen and oxygen atoms in total. The molecule has 20 heavy (non-hydrogen) atoms. The molecule has 0 atom stereocenters. The molecule has 0 saturated heterocycles. The van der Waals surface area contributed by atoms with E-state index in [9.17, 15) is 4.79 Å². The molecule has 0 aliphatic rings. The predicted octanol–water partition coefficient (Wildman–Crippen LogP) is 1.46. The fourth-order valence-corrected chi connectivity index (χ4v) is 2.07. The van der Waals surface area contributed by atoms with Gasteiger partial charge in [0.1, 0.15) is 5.69 Å². The largest absolute Gasteiger partial charge is 0.395 e. The highest BCUT2D eigenvalue weighted by Gasteiger charge is 2.22. The highest BCUT2D eigenvalue weighted by Crippen LogP contribution is 2.18. The Morgan fingerprint density at radius 2 is 2.25 bits per heavy atom. The lowest BCUT2D eigenvalue weighted by Gasteiger charge is -2.18. The molecule has 6 heteroatoms. The van der Waals surface area contributed by atoms with E-state index >= 15 is 0 Å². The van der Waals surface area contributed by atoms with E-state index in [1.165, 1.54) is 0 Å². The van der Waals surface area contributed by atoms with Gasteiger partial charge in [-0.3, -0.25) is 14.5 Å². The Labute approximate surface area is 118 Å². The number of anilines is 1. The van der Waals surface area contributed by atoms with Crippen LogP contribution in [0.3, 0.4) is 0 Å². The molecule has 0 spiro atoms. The Morgan fingerprint density at radius 1 is 1.50 bits per heavy atom. The van der Waals surface area contributed by atoms with Crippen LogP contribution in [0.25, 0.3) is 0 Å². The number of hydrogen-bond acceptors (Lipinski definition) is 4. The van der Waals surface area contributed by atoms with Crippen molar-refractivity contribution in [3.63, 3.8) is 0 Å². The lowest BCUT2D eigenvalue weighted by molar-refractivity contribution is 0.0774. The summed E-state index contributed by atoms with van der Waals surface area (Å²) in [6, 6.07) is 3.78. The summed E-state index contributed by atoms with van der Waals surface area (Å²) in [6.07, 6.45) is 3.45. The fraction of sp³-hybridized carbons (Fsp3) is 0.357. The van der Waals surface area contributed by atoms with Crippen molar-refractivity contribution in [2.24, 2.45) is 0 Å². The first kappa shape index (κ1) is 14.0. The van der Waals surface area contributed by atoms with Crippen molar-refractivity contribution in [3.05, 3.63) is 41.5 Å². The number of nitrogens with zero attached hydrogens (tertiary/aromatic N) is 4. The molecule has 2 rings (SSSR count). The molecule has 0 unspecified atom stereocenters. The summed E-state index contributed by atoms with van der Waals surface area (Å²) in [5.41, 5.74) is 8.53. The second-order valence-electron chi connectivity index (χ2n) is 4.69. The first-order chi connectivity index (χ1) is 9.54. The summed E-state index contributed by atoms with van der Waals surface area (Å²) in [5.74, 6) is -0.131. The van der Waals surface area contributed by atoms with Crippen molar-refractivity contribution in [1.82, 2.24) is 19.7 Å². The van der Waals surface area contributed by atoms with E-state index in [0.29, 0.717) is 30.2 Å². The van der Waals surface area contributed by atoms with Gasteiger partial charge in [0, 0.05) is 32.5 Å². The van der Waals surface area contributed by atoms with Crippen LogP contribution in [0.2, 0.25) is 0 Å². The lowest BCUT2D eigenvalue weighted by Crippen LogP contribution is -2.29. The zero-order valence-corrected chi connectivity index (χ0v) is 12.0. The van der Waals surface area contributed by atoms with E-state index in [4.69, 9.17) is 5.73 Å². The van der Waals surface area contributed by atoms with Crippen molar-refractivity contribution >= 4 is 11.6 Å². The molecule has 0 radical (unpaired) electrons. The van der Waals surface area contributed by atoms with Crippen molar-refractivity contribution < 1.29 is 4.79 Å². The first-order valence-corrected chi connectivity index (χ1v) is 6.51. The maximum Gasteiger partial charge on any atom is 0.274 e. The average Bonchev–Trinajstić information content (AvgIpc) is 2.74. The average molecular weight is 273 g/mol. The minimum Gasteiger partial charge on any atom is -0.395 e. The minimum absolute atomic E-state index is 0.131. The molecule has 0 fully saturated rings. The molecular formula is C14H19N5O. The smallest absolute Gasteiger partial charge is 0.274 e. The monoisotopic (exact) mass is 273 g/mol. The van der Waals surface area contributed by atoms with Gasteiger partial charge in [-0.25, -0.2) is 0 Å². The normalized spacial score (nSPS) is 10.6. The Bertz CT molecular complexity index is 606. The molecule has 0 saturated carbocycles. The highest BCUT2D eigenvalue weighted by molar-refractivity contribution is 5.97. The zero-order valence-electron chi connectivity index (χ0n) is 12.0. The summed E-state index contributed by atoms with van der Waals surface area (Å²) in [5, 5.41) is 4.27. The number of pyridine rings is 1. The van der Waals surface area contributed by atoms with Gasteiger partial charge in [-0.1, -0.05) is 6.07 Å². The molecule has 0 aliphatic carbocycles. The summed E-state index contributed by atoms with van der Waals surface area (Å²) in [6.45, 7) is 4.84. The zero-order chi connectivity index (χ0) is 14.7. The quantitative estimate of drug-likeness (QED) is 0.915. The van der Waals surface area contributed by atoms with Crippen LogP contribution in [0.4, 0.5) is 5.69 Å². The van der Waals surface area contributed by atoms with Crippen LogP contribution in [0.15, 0.2) is 24.5 Å². The highest BCUT2D eigenvalue weighted by atomic mass is 16.2. The van der Waals surface area contributed by atoms with E-state index < -0.39 is 0 Å². The summed E-state index contributed by atoms with van der Waals surface area (Å²) >= 11 is 0. The molecular weight excluding hydrogens is 254 g/mol. The molecule has 2 heterocycles. The second-order valence-corrected chi connectivity index (χ2v) is 4.69. The van der Waals surface area contributed by atoms with Crippen molar-refractivity contribution in [1.29, 1.82) is 0 Å². The summed E-state index contributed by atoms with van der Waals surface area (Å²) < 4.78 is 1.65. The third kappa shape index (κ3) is 2.64. The first-order valence-electron chi connectivity index (χ1n) is 6.51. The van der Waals surface area contributed by atoms with Gasteiger partial charge in [0.25, 0.3) is 5.91 Å². The number of amides is 1. The molecule has 2 aromatic rings. The van der Waals surface area contributed by atoms with E-state index in [-0.39, 0.29) is 5.91 Å². The fourth-order valence-electron chi connectivity index (χ4n) is 2.07. The Balaban J connectivity index is 2.23. The van der Waals surface area contributed by atoms with Crippen LogP contribution in [-0.4, -0.2) is 32.6 Å². The number of hydrogen-bond donors (Lipinski definition) is 1. The van der Waals surface area contributed by atoms with Crippen LogP contribution in [0.5, 0.6) is 0 Å². The Morgan fingerprint density at radius 3 is 2.85 bits per heavy atom. The van der Waals surface area contributed by atoms with Crippen molar-refractivity contribution in [2.45, 2.75) is 26.9 Å². The van der Waals surface area contributed by atoms with Crippen LogP contribution in [0, 0.1) is 6.92 Å². The molecule has 0 aromatic carbocycles. The van der Waals surface area contributed by atoms with E-state index in [1.54, 1.807) is 35.9 Å². The van der Waals surface area contributed by atoms with Gasteiger partial charge in [0.15, 0.2) is 0 Å². The predicted molar refractivity (Wildman–Crippen MR) is 77.1 cm³/mol. The molecule has 1 amide bonds. The van der Waals surface area contributed by atoms with Gasteiger partial charge in [0.05, 0.1) is 11.4 Å². The van der Waals surface area contributed by atoms with Gasteiger partial charge in [-0.15, -0.1) is 0 Å². The molecule has 2 aromatic heterocycles. The van der Waals surface area contributed by atoms with Crippen molar-refractivity contribution in [3.8, 4) is 0 Å². The van der Waals surface area contributed by atoms with Gasteiger partial charge in [-0.2, -0.15) is 5.10 Å². The summed E-state index contributed by atoms with van der Waals surface area (Å²) in [7, 11) is 1.75. The number of aryl methyl sites for hydroxylation is 2. The van der Waals surface area contributed by atoms with Gasteiger partial charge in [-0.05, 0) is 25.5 Å². The van der Waals surface area contributed by atoms with Crippen LogP contribution >= 0.6 is 0 Å². The van der Waals surface area contributed by atoms with E-state index in [0.717, 1.165) is 5.56 Å². The van der Waals surface area contributed by atoms with Crippen LogP contribution < -0.4 is 5.73 Å². The number of carbonyl (C=O) groups excluding carboxylic acids is 1. The Kier molecular flexibility index (Phi) is 4.02. The van der Waals surface area contributed by atoms with Gasteiger partial charge >= 0.3 is 0 Å². The molecule has 0 aliphatic heterocycles. The lowest BCUT2D eigenvalue weighted by atomic mass is 10.2. The summed E-state index contributed by atoms with van der Waals surface area (Å²) in [4.78, 5) is 18.2. The van der Waals surface area contributed by atoms with Gasteiger partial charge in [0.2, 0.25) is 0 Å². The van der Waals surface area contributed by atoms with E-state index in [2.05, 4.69) is 10.1 Å². The maximum absolute atomic E-state index is 12.5. The topological polar surface area (TPSA) is 77.0 Å². The third-order valence-corrected chi connectivity index (χ3v) is 3.17. The number of carbonyl (C=O) groups is 1. The number of nitrogen functional groups attached to an aromatic ring is 1. The number of rotatable bonds is 4. The Hall–Kier alpha value is -2.37. The third-order valence-electron chi connectivity index (χ3n) is 3.17. The second kappa shape index (κ2) is 5.73. The van der Waals surface area contributed by atoms with Gasteiger partial charge < -0.3 is 10.6 Å². The molecule has 0 bridgehead atoms. The van der Waals surface area contributed by atoms with Crippen LogP contribution in [-0.2, 0) is 13.1 Å². The van der Waals surface area contributed by atoms with Crippen LogP contribution in [0.1, 0.15) is 28.7 Å².